The molecule has 1 fully saturated rings. The summed E-state index contributed by atoms with van der Waals surface area (Å²) >= 11 is 0. The standard InChI is InChI=1S/C30H33N7O2/c1-21-32-20-33-37(21)26-10-6-24(7-11-26)19-35-16-17-36-27(12-13-28(36)30(35)14-3-15-30)29(39)31-18-23-4-8-25(9-5-23)34-22(2)38/h4-13,20H,3,14-19H2,1-2H3,(H,31,39)(H,34,38). The Balaban J connectivity index is 1.14. The fraction of sp³-hybridized carbons (Fsp3) is 0.333. The number of benzene rings is 2. The van der Waals surface area contributed by atoms with E-state index in [4.69, 9.17) is 0 Å². The van der Waals surface area contributed by atoms with E-state index in [1.54, 1.807) is 6.33 Å². The summed E-state index contributed by atoms with van der Waals surface area (Å²) in [6.45, 7) is 6.42. The van der Waals surface area contributed by atoms with Crippen LogP contribution in [0.4, 0.5) is 5.69 Å². The molecule has 0 atom stereocenters. The van der Waals surface area contributed by atoms with Gasteiger partial charge in [0, 0.05) is 44.5 Å². The molecule has 2 N–H and O–H groups in total. The number of aryl methyl sites for hydroxylation is 1. The Morgan fingerprint density at radius 3 is 2.33 bits per heavy atom. The summed E-state index contributed by atoms with van der Waals surface area (Å²) in [4.78, 5) is 31.2. The lowest BCUT2D eigenvalue weighted by Gasteiger charge is -2.53. The average molecular weight is 524 g/mol. The Morgan fingerprint density at radius 1 is 0.949 bits per heavy atom. The Morgan fingerprint density at radius 2 is 1.69 bits per heavy atom. The van der Waals surface area contributed by atoms with Crippen molar-refractivity contribution in [3.05, 3.63) is 95.3 Å². The number of amides is 2. The highest BCUT2D eigenvalue weighted by Gasteiger charge is 2.48. The van der Waals surface area contributed by atoms with Crippen molar-refractivity contribution in [2.75, 3.05) is 11.9 Å². The van der Waals surface area contributed by atoms with Crippen LogP contribution in [-0.2, 0) is 30.0 Å². The Kier molecular flexibility index (Phi) is 6.52. The van der Waals surface area contributed by atoms with Gasteiger partial charge < -0.3 is 15.2 Å². The number of aromatic nitrogens is 4. The molecule has 0 radical (unpaired) electrons. The minimum Gasteiger partial charge on any atom is -0.347 e. The van der Waals surface area contributed by atoms with E-state index in [0.29, 0.717) is 6.54 Å². The van der Waals surface area contributed by atoms with Crippen LogP contribution in [0.25, 0.3) is 5.69 Å². The number of nitrogens with zero attached hydrogens (tertiary/aromatic N) is 5. The summed E-state index contributed by atoms with van der Waals surface area (Å²) < 4.78 is 4.07. The largest absolute Gasteiger partial charge is 0.347 e. The van der Waals surface area contributed by atoms with Gasteiger partial charge in [-0.1, -0.05) is 24.3 Å². The molecule has 0 unspecified atom stereocenters. The minimum atomic E-state index is -0.104. The molecule has 6 rings (SSSR count). The highest BCUT2D eigenvalue weighted by molar-refractivity contribution is 5.93. The van der Waals surface area contributed by atoms with Crippen LogP contribution in [0.2, 0.25) is 0 Å². The molecule has 0 bridgehead atoms. The second-order valence-electron chi connectivity index (χ2n) is 10.5. The second kappa shape index (κ2) is 10.1. The molecule has 2 aromatic heterocycles. The fourth-order valence-corrected chi connectivity index (χ4v) is 5.92. The van der Waals surface area contributed by atoms with Gasteiger partial charge in [-0.05, 0) is 73.7 Å². The summed E-state index contributed by atoms with van der Waals surface area (Å²) in [6, 6.07) is 20.2. The van der Waals surface area contributed by atoms with E-state index in [-0.39, 0.29) is 17.4 Å². The zero-order chi connectivity index (χ0) is 27.0. The summed E-state index contributed by atoms with van der Waals surface area (Å²) in [5.74, 6) is 0.703. The van der Waals surface area contributed by atoms with Crippen LogP contribution in [0.5, 0.6) is 0 Å². The summed E-state index contributed by atoms with van der Waals surface area (Å²) in [5.41, 5.74) is 5.96. The Bertz CT molecular complexity index is 1500. The van der Waals surface area contributed by atoms with Crippen molar-refractivity contribution in [1.29, 1.82) is 0 Å². The fourth-order valence-electron chi connectivity index (χ4n) is 5.92. The molecular weight excluding hydrogens is 490 g/mol. The monoisotopic (exact) mass is 523 g/mol. The third-order valence-electron chi connectivity index (χ3n) is 8.07. The maximum atomic E-state index is 13.2. The number of fused-ring (bicyclic) bond motifs is 2. The number of rotatable bonds is 7. The zero-order valence-electron chi connectivity index (χ0n) is 22.4. The van der Waals surface area contributed by atoms with E-state index in [9.17, 15) is 9.59 Å². The first-order chi connectivity index (χ1) is 18.9. The third-order valence-corrected chi connectivity index (χ3v) is 8.07. The van der Waals surface area contributed by atoms with Crippen LogP contribution in [0, 0.1) is 6.92 Å². The van der Waals surface area contributed by atoms with Crippen molar-refractivity contribution in [3.8, 4) is 5.69 Å². The smallest absolute Gasteiger partial charge is 0.268 e. The van der Waals surface area contributed by atoms with Gasteiger partial charge in [-0.25, -0.2) is 9.67 Å². The van der Waals surface area contributed by atoms with E-state index >= 15 is 0 Å². The van der Waals surface area contributed by atoms with Crippen molar-refractivity contribution in [1.82, 2.24) is 29.5 Å². The number of carbonyl (C=O) groups is 2. The number of hydrogen-bond acceptors (Lipinski definition) is 5. The van der Waals surface area contributed by atoms with Gasteiger partial charge in [-0.15, -0.1) is 0 Å². The molecule has 9 heteroatoms. The summed E-state index contributed by atoms with van der Waals surface area (Å²) in [5, 5.41) is 10.1. The molecular formula is C30H33N7O2. The molecule has 2 amide bonds. The number of nitrogens with one attached hydrogen (secondary N) is 2. The number of anilines is 1. The first-order valence-corrected chi connectivity index (χ1v) is 13.5. The topological polar surface area (TPSA) is 97.1 Å². The lowest BCUT2D eigenvalue weighted by atomic mass is 9.71. The van der Waals surface area contributed by atoms with Crippen LogP contribution in [0.3, 0.4) is 0 Å². The normalized spacial score (nSPS) is 15.9. The molecule has 0 saturated heterocycles. The highest BCUT2D eigenvalue weighted by Crippen LogP contribution is 2.49. The molecule has 1 saturated carbocycles. The highest BCUT2D eigenvalue weighted by atomic mass is 16.2. The van der Waals surface area contributed by atoms with E-state index in [1.165, 1.54) is 24.6 Å². The van der Waals surface area contributed by atoms with Crippen LogP contribution in [0.1, 0.15) is 59.3 Å². The molecule has 9 nitrogen and oxygen atoms in total. The van der Waals surface area contributed by atoms with Crippen molar-refractivity contribution in [2.45, 2.75) is 58.3 Å². The number of carbonyl (C=O) groups excluding carboxylic acids is 2. The van der Waals surface area contributed by atoms with Gasteiger partial charge >= 0.3 is 0 Å². The summed E-state index contributed by atoms with van der Waals surface area (Å²) in [7, 11) is 0. The van der Waals surface area contributed by atoms with E-state index < -0.39 is 0 Å². The average Bonchev–Trinajstić information content (AvgIpc) is 3.53. The molecule has 200 valence electrons. The predicted molar refractivity (Wildman–Crippen MR) is 148 cm³/mol. The Hall–Kier alpha value is -4.24. The van der Waals surface area contributed by atoms with Crippen LogP contribution in [0.15, 0.2) is 67.0 Å². The van der Waals surface area contributed by atoms with Crippen LogP contribution in [-0.4, -0.2) is 42.6 Å². The molecule has 1 aliphatic heterocycles. The molecule has 4 aromatic rings. The Labute approximate surface area is 227 Å². The van der Waals surface area contributed by atoms with Gasteiger partial charge in [-0.3, -0.25) is 14.5 Å². The van der Waals surface area contributed by atoms with Gasteiger partial charge in [0.1, 0.15) is 17.8 Å². The maximum absolute atomic E-state index is 13.2. The van der Waals surface area contributed by atoms with E-state index in [1.807, 2.05) is 41.9 Å². The molecule has 1 spiro atoms. The molecule has 1 aliphatic carbocycles. The lowest BCUT2D eigenvalue weighted by Crippen LogP contribution is -2.56. The van der Waals surface area contributed by atoms with E-state index in [0.717, 1.165) is 60.9 Å². The lowest BCUT2D eigenvalue weighted by molar-refractivity contribution is -0.114. The van der Waals surface area contributed by atoms with Crippen molar-refractivity contribution < 1.29 is 9.59 Å². The first kappa shape index (κ1) is 25.1. The van der Waals surface area contributed by atoms with Crippen LogP contribution < -0.4 is 10.6 Å². The quantitative estimate of drug-likeness (QED) is 0.379. The first-order valence-electron chi connectivity index (χ1n) is 13.5. The second-order valence-corrected chi connectivity index (χ2v) is 10.5. The molecule has 2 aliphatic rings. The zero-order valence-corrected chi connectivity index (χ0v) is 22.4. The molecule has 3 heterocycles. The van der Waals surface area contributed by atoms with Crippen molar-refractivity contribution >= 4 is 17.5 Å². The van der Waals surface area contributed by atoms with Gasteiger partial charge in [-0.2, -0.15) is 5.10 Å². The van der Waals surface area contributed by atoms with Gasteiger partial charge in [0.05, 0.1) is 11.2 Å². The minimum absolute atomic E-state index is 0.0164. The van der Waals surface area contributed by atoms with Crippen molar-refractivity contribution in [2.24, 2.45) is 0 Å². The van der Waals surface area contributed by atoms with Gasteiger partial charge in [0.25, 0.3) is 5.91 Å². The van der Waals surface area contributed by atoms with Crippen LogP contribution >= 0.6 is 0 Å². The van der Waals surface area contributed by atoms with Crippen molar-refractivity contribution in [3.63, 3.8) is 0 Å². The van der Waals surface area contributed by atoms with Gasteiger partial charge in [0.2, 0.25) is 5.91 Å². The number of hydrogen-bond donors (Lipinski definition) is 2. The van der Waals surface area contributed by atoms with E-state index in [2.05, 4.69) is 60.5 Å². The van der Waals surface area contributed by atoms with Gasteiger partial charge in [0.15, 0.2) is 0 Å². The maximum Gasteiger partial charge on any atom is 0.268 e. The molecule has 39 heavy (non-hydrogen) atoms. The predicted octanol–water partition coefficient (Wildman–Crippen LogP) is 4.16. The summed E-state index contributed by atoms with van der Waals surface area (Å²) in [6.07, 6.45) is 4.99. The third kappa shape index (κ3) is 4.74. The molecule has 2 aromatic carbocycles. The SMILES string of the molecule is CC(=O)Nc1ccc(CNC(=O)c2ccc3n2CCN(Cc2ccc(-n4ncnc4C)cc2)C32CCC2)cc1.